The fraction of sp³-hybridized carbons (Fsp3) is 0.947. The van der Waals surface area contributed by atoms with Crippen molar-refractivity contribution in [1.82, 2.24) is 15.1 Å². The molecule has 0 aliphatic heterocycles. The maximum atomic E-state index is 5.73. The summed E-state index contributed by atoms with van der Waals surface area (Å²) in [5, 5.41) is 3.38. The standard InChI is InChI=1S/C19H40N4O/c1-5-20-19(23(4)15-16-24-17-18-11-12-18)21-13-9-7-6-8-10-14-22(2)3/h18H,5-17H2,1-4H3,(H,20,21). The number of hydrogen-bond acceptors (Lipinski definition) is 3. The number of guanidine groups is 1. The van der Waals surface area contributed by atoms with E-state index in [9.17, 15) is 0 Å². The molecule has 5 nitrogen and oxygen atoms in total. The first-order valence-corrected chi connectivity index (χ1v) is 9.85. The SMILES string of the molecule is CCNC(=NCCCCCCCN(C)C)N(C)CCOCC1CC1. The number of unbranched alkanes of at least 4 members (excludes halogenated alkanes) is 4. The van der Waals surface area contributed by atoms with Crippen LogP contribution >= 0.6 is 0 Å². The minimum Gasteiger partial charge on any atom is -0.379 e. The minimum absolute atomic E-state index is 0.795. The molecular weight excluding hydrogens is 300 g/mol. The lowest BCUT2D eigenvalue weighted by molar-refractivity contribution is 0.115. The molecular formula is C19H40N4O. The molecule has 0 atom stereocenters. The summed E-state index contributed by atoms with van der Waals surface area (Å²) in [6.45, 7) is 7.80. The first kappa shape index (κ1) is 21.2. The summed E-state index contributed by atoms with van der Waals surface area (Å²) in [6.07, 6.45) is 9.14. The zero-order valence-corrected chi connectivity index (χ0v) is 16.5. The van der Waals surface area contributed by atoms with Gasteiger partial charge in [0.2, 0.25) is 0 Å². The van der Waals surface area contributed by atoms with Gasteiger partial charge < -0.3 is 19.9 Å². The van der Waals surface area contributed by atoms with Crippen molar-refractivity contribution in [2.75, 3.05) is 60.5 Å². The number of likely N-dealkylation sites (N-methyl/N-ethyl adjacent to an activating group) is 1. The third kappa shape index (κ3) is 11.7. The first-order chi connectivity index (χ1) is 11.6. The van der Waals surface area contributed by atoms with Crippen molar-refractivity contribution in [3.8, 4) is 0 Å². The van der Waals surface area contributed by atoms with Crippen LogP contribution in [0.5, 0.6) is 0 Å². The molecule has 0 heterocycles. The predicted molar refractivity (Wildman–Crippen MR) is 104 cm³/mol. The fourth-order valence-corrected chi connectivity index (χ4v) is 2.57. The van der Waals surface area contributed by atoms with Gasteiger partial charge in [-0.3, -0.25) is 4.99 Å². The van der Waals surface area contributed by atoms with Crippen LogP contribution in [0, 0.1) is 5.92 Å². The van der Waals surface area contributed by atoms with Crippen LogP contribution < -0.4 is 5.32 Å². The van der Waals surface area contributed by atoms with Crippen molar-refractivity contribution >= 4 is 5.96 Å². The van der Waals surface area contributed by atoms with Crippen molar-refractivity contribution < 1.29 is 4.74 Å². The van der Waals surface area contributed by atoms with E-state index in [4.69, 9.17) is 9.73 Å². The van der Waals surface area contributed by atoms with E-state index in [0.717, 1.165) is 44.7 Å². The van der Waals surface area contributed by atoms with Gasteiger partial charge in [0, 0.05) is 33.3 Å². The van der Waals surface area contributed by atoms with Crippen molar-refractivity contribution in [3.05, 3.63) is 0 Å². The Kier molecular flexibility index (Phi) is 11.9. The molecule has 0 aromatic rings. The number of nitrogens with one attached hydrogen (secondary N) is 1. The van der Waals surface area contributed by atoms with Crippen LogP contribution in [-0.2, 0) is 4.74 Å². The van der Waals surface area contributed by atoms with Gasteiger partial charge in [-0.2, -0.15) is 0 Å². The molecule has 0 aromatic heterocycles. The zero-order chi connectivity index (χ0) is 17.6. The second-order valence-electron chi connectivity index (χ2n) is 7.25. The molecule has 0 bridgehead atoms. The topological polar surface area (TPSA) is 40.1 Å². The van der Waals surface area contributed by atoms with Gasteiger partial charge >= 0.3 is 0 Å². The molecule has 1 aliphatic carbocycles. The average molecular weight is 341 g/mol. The summed E-state index contributed by atoms with van der Waals surface area (Å²) in [7, 11) is 6.39. The highest BCUT2D eigenvalue weighted by Gasteiger charge is 2.21. The molecule has 0 spiro atoms. The van der Waals surface area contributed by atoms with Gasteiger partial charge in [0.15, 0.2) is 5.96 Å². The second kappa shape index (κ2) is 13.5. The van der Waals surface area contributed by atoms with E-state index >= 15 is 0 Å². The molecule has 0 aromatic carbocycles. The van der Waals surface area contributed by atoms with Crippen molar-refractivity contribution in [3.63, 3.8) is 0 Å². The van der Waals surface area contributed by atoms with Crippen LogP contribution in [0.15, 0.2) is 4.99 Å². The third-order valence-electron chi connectivity index (χ3n) is 4.34. The smallest absolute Gasteiger partial charge is 0.193 e. The Hall–Kier alpha value is -0.810. The van der Waals surface area contributed by atoms with Crippen LogP contribution in [0.25, 0.3) is 0 Å². The highest BCUT2D eigenvalue weighted by atomic mass is 16.5. The molecule has 0 unspecified atom stereocenters. The highest BCUT2D eigenvalue weighted by molar-refractivity contribution is 5.79. The van der Waals surface area contributed by atoms with Gasteiger partial charge in [-0.05, 0) is 59.2 Å². The molecule has 142 valence electrons. The molecule has 0 saturated heterocycles. The Morgan fingerprint density at radius 2 is 1.75 bits per heavy atom. The fourth-order valence-electron chi connectivity index (χ4n) is 2.57. The molecule has 0 radical (unpaired) electrons. The predicted octanol–water partition coefficient (Wildman–Crippen LogP) is 2.82. The van der Waals surface area contributed by atoms with Gasteiger partial charge in [-0.25, -0.2) is 0 Å². The van der Waals surface area contributed by atoms with Crippen LogP contribution in [0.3, 0.4) is 0 Å². The third-order valence-corrected chi connectivity index (χ3v) is 4.34. The summed E-state index contributed by atoms with van der Waals surface area (Å²) >= 11 is 0. The summed E-state index contributed by atoms with van der Waals surface area (Å²) in [4.78, 5) is 9.20. The Balaban J connectivity index is 2.08. The second-order valence-corrected chi connectivity index (χ2v) is 7.25. The van der Waals surface area contributed by atoms with Crippen LogP contribution in [0.2, 0.25) is 0 Å². The Labute approximate surface area is 149 Å². The lowest BCUT2D eigenvalue weighted by atomic mass is 10.1. The summed E-state index contributed by atoms with van der Waals surface area (Å²) in [6, 6.07) is 0. The van der Waals surface area contributed by atoms with Crippen LogP contribution in [-0.4, -0.2) is 76.3 Å². The van der Waals surface area contributed by atoms with E-state index in [2.05, 4.69) is 43.2 Å². The van der Waals surface area contributed by atoms with Crippen LogP contribution in [0.1, 0.15) is 51.9 Å². The number of aliphatic imine (C=N–C) groups is 1. The van der Waals surface area contributed by atoms with Gasteiger partial charge in [0.05, 0.1) is 6.61 Å². The summed E-state index contributed by atoms with van der Waals surface area (Å²) in [5.74, 6) is 1.86. The first-order valence-electron chi connectivity index (χ1n) is 9.85. The molecule has 5 heteroatoms. The minimum atomic E-state index is 0.795. The molecule has 1 N–H and O–H groups in total. The van der Waals surface area contributed by atoms with Crippen molar-refractivity contribution in [1.29, 1.82) is 0 Å². The van der Waals surface area contributed by atoms with E-state index in [-0.39, 0.29) is 0 Å². The number of ether oxygens (including phenoxy) is 1. The van der Waals surface area contributed by atoms with Gasteiger partial charge in [0.25, 0.3) is 0 Å². The van der Waals surface area contributed by atoms with E-state index in [1.165, 1.54) is 51.5 Å². The number of rotatable bonds is 14. The quantitative estimate of drug-likeness (QED) is 0.300. The Morgan fingerprint density at radius 3 is 2.42 bits per heavy atom. The molecule has 1 rings (SSSR count). The Morgan fingerprint density at radius 1 is 1.04 bits per heavy atom. The molecule has 1 saturated carbocycles. The highest BCUT2D eigenvalue weighted by Crippen LogP contribution is 2.28. The molecule has 0 amide bonds. The number of hydrogen-bond donors (Lipinski definition) is 1. The lowest BCUT2D eigenvalue weighted by Gasteiger charge is -2.22. The molecule has 1 aliphatic rings. The largest absolute Gasteiger partial charge is 0.379 e. The maximum Gasteiger partial charge on any atom is 0.193 e. The van der Waals surface area contributed by atoms with Gasteiger partial charge in [0.1, 0.15) is 0 Å². The normalized spacial score (nSPS) is 15.1. The van der Waals surface area contributed by atoms with Crippen molar-refractivity contribution in [2.24, 2.45) is 10.9 Å². The lowest BCUT2D eigenvalue weighted by Crippen LogP contribution is -2.40. The summed E-state index contributed by atoms with van der Waals surface area (Å²) < 4.78 is 5.73. The maximum absolute atomic E-state index is 5.73. The zero-order valence-electron chi connectivity index (χ0n) is 16.5. The number of nitrogens with zero attached hydrogens (tertiary/aromatic N) is 3. The van der Waals surface area contributed by atoms with Gasteiger partial charge in [-0.1, -0.05) is 19.3 Å². The van der Waals surface area contributed by atoms with Gasteiger partial charge in [-0.15, -0.1) is 0 Å². The molecule has 24 heavy (non-hydrogen) atoms. The van der Waals surface area contributed by atoms with Crippen molar-refractivity contribution in [2.45, 2.75) is 51.9 Å². The van der Waals surface area contributed by atoms with E-state index in [0.29, 0.717) is 0 Å². The van der Waals surface area contributed by atoms with E-state index < -0.39 is 0 Å². The summed E-state index contributed by atoms with van der Waals surface area (Å²) in [5.41, 5.74) is 0. The van der Waals surface area contributed by atoms with E-state index in [1.54, 1.807) is 0 Å². The Bertz CT molecular complexity index is 329. The molecule has 1 fully saturated rings. The van der Waals surface area contributed by atoms with E-state index in [1.807, 2.05) is 0 Å². The monoisotopic (exact) mass is 340 g/mol. The average Bonchev–Trinajstić information content (AvgIpc) is 3.36. The van der Waals surface area contributed by atoms with Crippen LogP contribution in [0.4, 0.5) is 0 Å².